The quantitative estimate of drug-likeness (QED) is 0.153. The number of unbranched alkanes of at least 4 members (excludes halogenated alkanes) is 3. The molecule has 2 rings (SSSR count). The molecule has 0 fully saturated rings. The van der Waals surface area contributed by atoms with E-state index in [0.29, 0.717) is 53.0 Å². The van der Waals surface area contributed by atoms with Crippen molar-refractivity contribution in [2.75, 3.05) is 39.1 Å². The predicted octanol–water partition coefficient (Wildman–Crippen LogP) is 5.00. The summed E-state index contributed by atoms with van der Waals surface area (Å²) in [4.78, 5) is 11.5. The molecular formula is C26H32Cl2N2O4. The van der Waals surface area contributed by atoms with E-state index in [0.717, 1.165) is 37.8 Å². The average Bonchev–Trinajstić information content (AvgIpc) is 2.84. The van der Waals surface area contributed by atoms with Gasteiger partial charge in [-0.25, -0.2) is 4.79 Å². The molecule has 0 spiro atoms. The first kappa shape index (κ1) is 28.0. The van der Waals surface area contributed by atoms with Crippen LogP contribution in [0.5, 0.6) is 0 Å². The summed E-state index contributed by atoms with van der Waals surface area (Å²) in [5, 5.41) is 14.2. The maximum absolute atomic E-state index is 11.5. The van der Waals surface area contributed by atoms with E-state index in [2.05, 4.69) is 17.2 Å². The number of methoxy groups -OCH3 is 1. The summed E-state index contributed by atoms with van der Waals surface area (Å²) >= 11 is 12.0. The molecule has 0 unspecified atom stereocenters. The van der Waals surface area contributed by atoms with E-state index < -0.39 is 6.10 Å². The largest absolute Gasteiger partial charge is 0.465 e. The summed E-state index contributed by atoms with van der Waals surface area (Å²) in [5.74, 6) is 5.74. The lowest BCUT2D eigenvalue weighted by Crippen LogP contribution is -2.22. The van der Waals surface area contributed by atoms with Gasteiger partial charge in [-0.05, 0) is 55.3 Å². The molecule has 2 aromatic rings. The molecule has 0 heterocycles. The number of carbonyl (C=O) groups is 1. The van der Waals surface area contributed by atoms with Crippen molar-refractivity contribution in [3.63, 3.8) is 0 Å². The van der Waals surface area contributed by atoms with Crippen LogP contribution in [0.1, 0.15) is 59.7 Å². The van der Waals surface area contributed by atoms with Crippen LogP contribution in [0.25, 0.3) is 0 Å². The van der Waals surface area contributed by atoms with E-state index in [9.17, 15) is 9.90 Å². The molecule has 0 aromatic heterocycles. The van der Waals surface area contributed by atoms with Crippen LogP contribution in [0.4, 0.5) is 5.69 Å². The highest BCUT2D eigenvalue weighted by molar-refractivity contribution is 6.38. The van der Waals surface area contributed by atoms with E-state index in [1.165, 1.54) is 7.11 Å². The Morgan fingerprint density at radius 3 is 2.59 bits per heavy atom. The molecule has 0 bridgehead atoms. The SMILES string of the molecule is COC(=O)c1cccc(C#CCCOCCCCCCNC[C@H](O)c2cc(Cl)c(N)c(Cl)c2)c1. The second kappa shape index (κ2) is 15.6. The van der Waals surface area contributed by atoms with E-state index in [1.54, 1.807) is 30.3 Å². The number of hydrogen-bond acceptors (Lipinski definition) is 6. The topological polar surface area (TPSA) is 93.8 Å². The van der Waals surface area contributed by atoms with Crippen LogP contribution in [0.2, 0.25) is 10.0 Å². The highest BCUT2D eigenvalue weighted by Gasteiger charge is 2.12. The van der Waals surface area contributed by atoms with Gasteiger partial charge in [-0.1, -0.05) is 54.0 Å². The van der Waals surface area contributed by atoms with Crippen molar-refractivity contribution >= 4 is 34.9 Å². The summed E-state index contributed by atoms with van der Waals surface area (Å²) in [5.41, 5.74) is 7.97. The van der Waals surface area contributed by atoms with Crippen molar-refractivity contribution in [1.29, 1.82) is 0 Å². The van der Waals surface area contributed by atoms with Crippen molar-refractivity contribution in [2.24, 2.45) is 0 Å². The first-order valence-electron chi connectivity index (χ1n) is 11.3. The summed E-state index contributed by atoms with van der Waals surface area (Å²) in [6.45, 7) is 2.54. The monoisotopic (exact) mass is 506 g/mol. The van der Waals surface area contributed by atoms with Crippen molar-refractivity contribution in [3.8, 4) is 11.8 Å². The van der Waals surface area contributed by atoms with Gasteiger partial charge in [0.05, 0.1) is 41.1 Å². The zero-order valence-corrected chi connectivity index (χ0v) is 20.9. The average molecular weight is 507 g/mol. The lowest BCUT2D eigenvalue weighted by Gasteiger charge is -2.14. The number of esters is 1. The number of carbonyl (C=O) groups excluding carboxylic acids is 1. The molecule has 34 heavy (non-hydrogen) atoms. The van der Waals surface area contributed by atoms with E-state index >= 15 is 0 Å². The third kappa shape index (κ3) is 9.92. The van der Waals surface area contributed by atoms with Gasteiger partial charge in [0.1, 0.15) is 0 Å². The van der Waals surface area contributed by atoms with Gasteiger partial charge in [0.15, 0.2) is 0 Å². The molecule has 0 saturated heterocycles. The molecule has 184 valence electrons. The molecule has 0 amide bonds. The molecule has 8 heteroatoms. The van der Waals surface area contributed by atoms with Crippen LogP contribution < -0.4 is 11.1 Å². The first-order valence-corrected chi connectivity index (χ1v) is 12.1. The lowest BCUT2D eigenvalue weighted by molar-refractivity contribution is 0.0600. The highest BCUT2D eigenvalue weighted by atomic mass is 35.5. The number of rotatable bonds is 13. The van der Waals surface area contributed by atoms with Crippen LogP contribution in [0.3, 0.4) is 0 Å². The number of aliphatic hydroxyl groups excluding tert-OH is 1. The molecule has 2 aromatic carbocycles. The maximum atomic E-state index is 11.5. The van der Waals surface area contributed by atoms with E-state index in [-0.39, 0.29) is 5.97 Å². The Morgan fingerprint density at radius 2 is 1.85 bits per heavy atom. The van der Waals surface area contributed by atoms with Crippen LogP contribution in [-0.4, -0.2) is 44.5 Å². The fourth-order valence-electron chi connectivity index (χ4n) is 3.19. The smallest absolute Gasteiger partial charge is 0.337 e. The zero-order valence-electron chi connectivity index (χ0n) is 19.4. The molecule has 0 radical (unpaired) electrons. The van der Waals surface area contributed by atoms with Crippen molar-refractivity contribution in [3.05, 3.63) is 63.1 Å². The fraction of sp³-hybridized carbons (Fsp3) is 0.423. The first-order chi connectivity index (χ1) is 16.4. The number of hydrogen-bond donors (Lipinski definition) is 3. The van der Waals surface area contributed by atoms with Gasteiger partial charge < -0.3 is 25.6 Å². The zero-order chi connectivity index (χ0) is 24.8. The molecule has 0 aliphatic carbocycles. The van der Waals surface area contributed by atoms with Crippen LogP contribution in [0.15, 0.2) is 36.4 Å². The summed E-state index contributed by atoms with van der Waals surface area (Å²) in [6, 6.07) is 10.4. The van der Waals surface area contributed by atoms with Crippen LogP contribution in [-0.2, 0) is 9.47 Å². The minimum atomic E-state index is -0.691. The van der Waals surface area contributed by atoms with Crippen molar-refractivity contribution in [2.45, 2.75) is 38.2 Å². The van der Waals surface area contributed by atoms with Gasteiger partial charge in [0.25, 0.3) is 0 Å². The molecule has 6 nitrogen and oxygen atoms in total. The number of ether oxygens (including phenoxy) is 2. The fourth-order valence-corrected chi connectivity index (χ4v) is 3.70. The lowest BCUT2D eigenvalue weighted by atomic mass is 10.1. The van der Waals surface area contributed by atoms with Gasteiger partial charge in [0, 0.05) is 25.1 Å². The summed E-state index contributed by atoms with van der Waals surface area (Å²) in [6.07, 6.45) is 4.14. The Bertz CT molecular complexity index is 965. The maximum Gasteiger partial charge on any atom is 0.337 e. The van der Waals surface area contributed by atoms with Gasteiger partial charge in [-0.2, -0.15) is 0 Å². The second-order valence-electron chi connectivity index (χ2n) is 7.77. The Balaban J connectivity index is 1.48. The minimum absolute atomic E-state index is 0.326. The molecule has 0 aliphatic heterocycles. The van der Waals surface area contributed by atoms with Crippen molar-refractivity contribution < 1.29 is 19.4 Å². The number of halogens is 2. The number of benzene rings is 2. The van der Waals surface area contributed by atoms with Crippen molar-refractivity contribution in [1.82, 2.24) is 5.32 Å². The Hall–Kier alpha value is -2.27. The molecule has 4 N–H and O–H groups in total. The molecule has 0 saturated carbocycles. The number of nitrogens with two attached hydrogens (primary N) is 1. The predicted molar refractivity (Wildman–Crippen MR) is 137 cm³/mol. The second-order valence-corrected chi connectivity index (χ2v) is 8.58. The summed E-state index contributed by atoms with van der Waals surface area (Å²) in [7, 11) is 1.36. The van der Waals surface area contributed by atoms with Gasteiger partial charge in [-0.15, -0.1) is 0 Å². The van der Waals surface area contributed by atoms with E-state index in [1.807, 2.05) is 6.07 Å². The third-order valence-electron chi connectivity index (χ3n) is 5.10. The molecule has 0 aliphatic rings. The minimum Gasteiger partial charge on any atom is -0.465 e. The number of nitrogen functional groups attached to an aromatic ring is 1. The van der Waals surface area contributed by atoms with Crippen LogP contribution >= 0.6 is 23.2 Å². The standard InChI is InChI=1S/C26H32Cl2N2O4/c1-33-26(32)20-11-8-10-19(15-20)9-4-7-14-34-13-6-3-2-5-12-30-18-24(31)21-16-22(27)25(29)23(28)17-21/h8,10-11,15-17,24,30-31H,2-3,5-7,12-14,18,29H2,1H3/t24-/m0/s1. The summed E-state index contributed by atoms with van der Waals surface area (Å²) < 4.78 is 10.3. The third-order valence-corrected chi connectivity index (χ3v) is 5.73. The van der Waals surface area contributed by atoms with E-state index in [4.69, 9.17) is 38.4 Å². The highest BCUT2D eigenvalue weighted by Crippen LogP contribution is 2.31. The van der Waals surface area contributed by atoms with Gasteiger partial charge in [0.2, 0.25) is 0 Å². The Kier molecular flexibility index (Phi) is 12.8. The molecular weight excluding hydrogens is 475 g/mol. The Labute approximate surface area is 211 Å². The Morgan fingerprint density at radius 1 is 1.12 bits per heavy atom. The van der Waals surface area contributed by atoms with Crippen LogP contribution in [0, 0.1) is 11.8 Å². The number of anilines is 1. The number of nitrogens with one attached hydrogen (secondary N) is 1. The van der Waals surface area contributed by atoms with Gasteiger partial charge in [-0.3, -0.25) is 0 Å². The number of aliphatic hydroxyl groups is 1. The normalized spacial score (nSPS) is 11.5. The molecule has 1 atom stereocenters. The van der Waals surface area contributed by atoms with Gasteiger partial charge >= 0.3 is 5.97 Å².